The lowest BCUT2D eigenvalue weighted by Crippen LogP contribution is -2.40. The Bertz CT molecular complexity index is 814. The molecular weight excluding hydrogens is 313 g/mol. The third-order valence-corrected chi connectivity index (χ3v) is 5.83. The van der Waals surface area contributed by atoms with Crippen molar-refractivity contribution in [2.24, 2.45) is 5.73 Å². The van der Waals surface area contributed by atoms with Crippen molar-refractivity contribution < 1.29 is 12.8 Å². The molecule has 0 amide bonds. The van der Waals surface area contributed by atoms with Crippen molar-refractivity contribution in [1.82, 2.24) is 4.98 Å². The van der Waals surface area contributed by atoms with Crippen molar-refractivity contribution in [3.8, 4) is 0 Å². The Balaban J connectivity index is 2.34. The predicted octanol–water partition coefficient (Wildman–Crippen LogP) is 2.18. The number of rotatable bonds is 2. The van der Waals surface area contributed by atoms with Gasteiger partial charge in [-0.3, -0.25) is 4.98 Å². The van der Waals surface area contributed by atoms with E-state index in [1.165, 1.54) is 17.8 Å². The number of fused-ring (bicyclic) bond motifs is 1. The SMILES string of the molecule is CC(N)C1=Cc2cccc(F)c2S(=O)(=O)N1c1cncs1. The molecule has 1 unspecified atom stereocenters. The summed E-state index contributed by atoms with van der Waals surface area (Å²) in [6.07, 6.45) is 3.02. The van der Waals surface area contributed by atoms with Crippen LogP contribution < -0.4 is 10.0 Å². The summed E-state index contributed by atoms with van der Waals surface area (Å²) in [5.74, 6) is -0.776. The molecule has 2 N–H and O–H groups in total. The highest BCUT2D eigenvalue weighted by Crippen LogP contribution is 2.38. The number of nitrogens with zero attached hydrogens (tertiary/aromatic N) is 2. The lowest BCUT2D eigenvalue weighted by molar-refractivity contribution is 0.562. The van der Waals surface area contributed by atoms with Crippen LogP contribution in [0.25, 0.3) is 6.08 Å². The highest BCUT2D eigenvalue weighted by atomic mass is 32.2. The van der Waals surface area contributed by atoms with Crippen molar-refractivity contribution in [2.75, 3.05) is 4.31 Å². The van der Waals surface area contributed by atoms with E-state index in [9.17, 15) is 12.8 Å². The van der Waals surface area contributed by atoms with Gasteiger partial charge in [0.05, 0.1) is 17.4 Å². The molecule has 1 atom stereocenters. The van der Waals surface area contributed by atoms with Crippen LogP contribution >= 0.6 is 11.3 Å². The molecule has 0 spiro atoms. The quantitative estimate of drug-likeness (QED) is 0.918. The summed E-state index contributed by atoms with van der Waals surface area (Å²) in [7, 11) is -4.05. The second-order valence-corrected chi connectivity index (χ2v) is 7.21. The molecule has 21 heavy (non-hydrogen) atoms. The van der Waals surface area contributed by atoms with Crippen LogP contribution in [0.5, 0.6) is 0 Å². The number of nitrogens with two attached hydrogens (primary N) is 1. The fourth-order valence-electron chi connectivity index (χ4n) is 2.23. The minimum absolute atomic E-state index is 0.308. The summed E-state index contributed by atoms with van der Waals surface area (Å²) in [6, 6.07) is 3.63. The summed E-state index contributed by atoms with van der Waals surface area (Å²) in [5, 5.41) is 0.382. The van der Waals surface area contributed by atoms with Crippen molar-refractivity contribution in [2.45, 2.75) is 17.9 Å². The number of sulfonamides is 1. The maximum Gasteiger partial charge on any atom is 0.272 e. The van der Waals surface area contributed by atoms with Gasteiger partial charge in [0.25, 0.3) is 10.0 Å². The Morgan fingerprint density at radius 2 is 2.19 bits per heavy atom. The van der Waals surface area contributed by atoms with Gasteiger partial charge >= 0.3 is 0 Å². The molecule has 1 aliphatic heterocycles. The Morgan fingerprint density at radius 1 is 1.43 bits per heavy atom. The fraction of sp³-hybridized carbons (Fsp3) is 0.154. The van der Waals surface area contributed by atoms with Crippen molar-refractivity contribution >= 4 is 32.4 Å². The Kier molecular flexibility index (Phi) is 3.31. The van der Waals surface area contributed by atoms with Crippen LogP contribution in [0, 0.1) is 5.82 Å². The van der Waals surface area contributed by atoms with E-state index >= 15 is 0 Å². The van der Waals surface area contributed by atoms with Gasteiger partial charge in [0.1, 0.15) is 15.7 Å². The van der Waals surface area contributed by atoms with Crippen molar-refractivity contribution in [3.05, 3.63) is 47.0 Å². The molecule has 110 valence electrons. The maximum atomic E-state index is 14.0. The average molecular weight is 325 g/mol. The molecule has 0 radical (unpaired) electrons. The first-order valence-corrected chi connectivity index (χ1v) is 8.44. The van der Waals surface area contributed by atoms with Gasteiger partial charge in [-0.05, 0) is 24.6 Å². The van der Waals surface area contributed by atoms with Crippen LogP contribution in [0.2, 0.25) is 0 Å². The van der Waals surface area contributed by atoms with Gasteiger partial charge in [-0.2, -0.15) is 0 Å². The second-order valence-electron chi connectivity index (χ2n) is 4.63. The first kappa shape index (κ1) is 14.2. The number of aromatic nitrogens is 1. The third-order valence-electron chi connectivity index (χ3n) is 3.12. The van der Waals surface area contributed by atoms with Crippen molar-refractivity contribution in [1.29, 1.82) is 0 Å². The number of hydrogen-bond acceptors (Lipinski definition) is 5. The van der Waals surface area contributed by atoms with Gasteiger partial charge in [-0.15, -0.1) is 11.3 Å². The minimum Gasteiger partial charge on any atom is -0.323 e. The van der Waals surface area contributed by atoms with E-state index in [0.29, 0.717) is 16.3 Å². The highest BCUT2D eigenvalue weighted by molar-refractivity contribution is 7.93. The number of thiazole rings is 1. The monoisotopic (exact) mass is 325 g/mol. The first-order valence-electron chi connectivity index (χ1n) is 6.12. The summed E-state index contributed by atoms with van der Waals surface area (Å²) in [5.41, 5.74) is 8.11. The standard InChI is InChI=1S/C13H12FN3O2S2/c1-8(15)11-5-9-3-2-4-10(14)13(9)21(18,19)17(11)12-6-16-7-20-12/h2-8H,15H2,1H3. The van der Waals surface area contributed by atoms with Gasteiger partial charge in [0, 0.05) is 6.04 Å². The zero-order valence-electron chi connectivity index (χ0n) is 11.0. The maximum absolute atomic E-state index is 14.0. The molecule has 0 saturated carbocycles. The van der Waals surface area contributed by atoms with Crippen LogP contribution in [-0.4, -0.2) is 19.4 Å². The largest absolute Gasteiger partial charge is 0.323 e. The molecule has 0 aliphatic carbocycles. The Hall–Kier alpha value is -1.77. The molecule has 2 heterocycles. The number of halogens is 1. The van der Waals surface area contributed by atoms with Gasteiger partial charge in [-0.1, -0.05) is 12.1 Å². The molecule has 0 bridgehead atoms. The molecule has 1 aliphatic rings. The third kappa shape index (κ3) is 2.15. The Labute approximate surface area is 125 Å². The molecule has 0 saturated heterocycles. The fourth-order valence-corrected chi connectivity index (χ4v) is 4.91. The lowest BCUT2D eigenvalue weighted by Gasteiger charge is -2.31. The molecule has 3 rings (SSSR count). The lowest BCUT2D eigenvalue weighted by atomic mass is 10.1. The van der Waals surface area contributed by atoms with E-state index in [1.54, 1.807) is 19.1 Å². The van der Waals surface area contributed by atoms with E-state index in [-0.39, 0.29) is 4.90 Å². The van der Waals surface area contributed by atoms with E-state index in [1.807, 2.05) is 0 Å². The molecular formula is C13H12FN3O2S2. The topological polar surface area (TPSA) is 76.3 Å². The summed E-state index contributed by atoms with van der Waals surface area (Å²) < 4.78 is 40.7. The molecule has 2 aromatic rings. The minimum atomic E-state index is -4.05. The smallest absolute Gasteiger partial charge is 0.272 e. The Morgan fingerprint density at radius 3 is 2.81 bits per heavy atom. The molecule has 5 nitrogen and oxygen atoms in total. The van der Waals surface area contributed by atoms with Gasteiger partial charge in [0.15, 0.2) is 0 Å². The summed E-state index contributed by atoms with van der Waals surface area (Å²) in [6.45, 7) is 1.68. The molecule has 0 fully saturated rings. The van der Waals surface area contributed by atoms with E-state index in [4.69, 9.17) is 5.73 Å². The van der Waals surface area contributed by atoms with Crippen LogP contribution in [0.15, 0.2) is 40.5 Å². The average Bonchev–Trinajstić information content (AvgIpc) is 2.90. The zero-order valence-corrected chi connectivity index (χ0v) is 12.7. The van der Waals surface area contributed by atoms with Crippen LogP contribution in [-0.2, 0) is 10.0 Å². The zero-order chi connectivity index (χ0) is 15.2. The van der Waals surface area contributed by atoms with E-state index in [2.05, 4.69) is 4.98 Å². The predicted molar refractivity (Wildman–Crippen MR) is 79.8 cm³/mol. The van der Waals surface area contributed by atoms with Gasteiger partial charge in [0.2, 0.25) is 0 Å². The molecule has 1 aromatic carbocycles. The first-order chi connectivity index (χ1) is 9.93. The van der Waals surface area contributed by atoms with Crippen molar-refractivity contribution in [3.63, 3.8) is 0 Å². The normalized spacial score (nSPS) is 18.0. The van der Waals surface area contributed by atoms with E-state index in [0.717, 1.165) is 21.7 Å². The second kappa shape index (κ2) is 4.90. The molecule has 1 aromatic heterocycles. The highest BCUT2D eigenvalue weighted by Gasteiger charge is 2.37. The molecule has 8 heteroatoms. The summed E-state index contributed by atoms with van der Waals surface area (Å²) >= 11 is 1.15. The van der Waals surface area contributed by atoms with Gasteiger partial charge in [-0.25, -0.2) is 17.1 Å². The number of benzene rings is 1. The van der Waals surface area contributed by atoms with Crippen LogP contribution in [0.4, 0.5) is 9.39 Å². The van der Waals surface area contributed by atoms with Crippen LogP contribution in [0.1, 0.15) is 12.5 Å². The summed E-state index contributed by atoms with van der Waals surface area (Å²) in [4.78, 5) is 3.55. The number of anilines is 1. The number of hydrogen-bond donors (Lipinski definition) is 1. The van der Waals surface area contributed by atoms with Crippen LogP contribution in [0.3, 0.4) is 0 Å². The van der Waals surface area contributed by atoms with Gasteiger partial charge < -0.3 is 5.73 Å². The van der Waals surface area contributed by atoms with E-state index < -0.39 is 21.9 Å².